The normalized spacial score (nSPS) is 14.0. The van der Waals surface area contributed by atoms with Crippen molar-refractivity contribution in [3.8, 4) is 0 Å². The summed E-state index contributed by atoms with van der Waals surface area (Å²) in [4.78, 5) is 0. The first kappa shape index (κ1) is 7.11. The molecule has 0 amide bonds. The summed E-state index contributed by atoms with van der Waals surface area (Å²) in [6.07, 6.45) is 2.05. The maximum Gasteiger partial charge on any atom is 0.0887 e. The second-order valence-electron chi connectivity index (χ2n) is 1.44. The Morgan fingerprint density at radius 3 is 2.43 bits per heavy atom. The molecule has 0 saturated carbocycles. The van der Waals surface area contributed by atoms with Gasteiger partial charge in [-0.3, -0.25) is 5.14 Å². The Morgan fingerprint density at radius 2 is 2.29 bits per heavy atom. The predicted molar refractivity (Wildman–Crippen MR) is 32.1 cm³/mol. The first-order chi connectivity index (χ1) is 3.27. The Labute approximate surface area is 46.7 Å². The quantitative estimate of drug-likeness (QED) is 0.577. The highest BCUT2D eigenvalue weighted by Crippen LogP contribution is 1.85. The van der Waals surface area contributed by atoms with Crippen molar-refractivity contribution in [3.05, 3.63) is 0 Å². The minimum Gasteiger partial charge on any atom is -0.252 e. The highest BCUT2D eigenvalue weighted by atomic mass is 32.2. The molecule has 0 spiro atoms. The Balaban J connectivity index is 2.82. The molecule has 0 unspecified atom stereocenters. The summed E-state index contributed by atoms with van der Waals surface area (Å²) in [5, 5.41) is 4.95. The van der Waals surface area contributed by atoms with Gasteiger partial charge in [-0.15, -0.1) is 0 Å². The molecule has 0 aliphatic carbocycles. The average molecular weight is 121 g/mol. The minimum atomic E-state index is -1.07. The minimum absolute atomic E-state index is 0.649. The summed E-state index contributed by atoms with van der Waals surface area (Å²) in [5.41, 5.74) is 0. The summed E-state index contributed by atoms with van der Waals surface area (Å²) in [6.45, 7) is 2.05. The van der Waals surface area contributed by atoms with Gasteiger partial charge in [-0.25, -0.2) is 4.21 Å². The Kier molecular flexibility index (Phi) is 4.34. The number of hydrogen-bond donors (Lipinski definition) is 1. The first-order valence-electron chi connectivity index (χ1n) is 2.40. The zero-order chi connectivity index (χ0) is 5.70. The van der Waals surface area contributed by atoms with Crippen LogP contribution < -0.4 is 5.14 Å². The van der Waals surface area contributed by atoms with E-state index in [1.54, 1.807) is 0 Å². The molecule has 2 N–H and O–H groups in total. The largest absolute Gasteiger partial charge is 0.252 e. The molecule has 0 aromatic heterocycles. The third kappa shape index (κ3) is 6.11. The number of nitrogens with two attached hydrogens (primary N) is 1. The molecular formula is C4H11NOS. The number of unbranched alkanes of at least 4 members (excludes halogenated alkanes) is 1. The lowest BCUT2D eigenvalue weighted by atomic mass is 10.4. The molecule has 0 heterocycles. The summed E-state index contributed by atoms with van der Waals surface area (Å²) >= 11 is 0. The second kappa shape index (κ2) is 4.27. The molecule has 0 aliphatic heterocycles. The lowest BCUT2D eigenvalue weighted by Crippen LogP contribution is -2.06. The maximum atomic E-state index is 10.1. The summed E-state index contributed by atoms with van der Waals surface area (Å²) in [7, 11) is -1.07. The van der Waals surface area contributed by atoms with Crippen LogP contribution in [0.5, 0.6) is 0 Å². The van der Waals surface area contributed by atoms with Crippen LogP contribution in [-0.2, 0) is 11.0 Å². The topological polar surface area (TPSA) is 43.1 Å². The van der Waals surface area contributed by atoms with Gasteiger partial charge in [0.2, 0.25) is 0 Å². The standard InChI is InChI=1S/C4H11NOS/c1-2-3-4-7(5)6/h2-5H2,1H3/t7-/m1/s1. The van der Waals surface area contributed by atoms with Crippen LogP contribution in [0.3, 0.4) is 0 Å². The molecule has 44 valence electrons. The van der Waals surface area contributed by atoms with Gasteiger partial charge in [0.15, 0.2) is 0 Å². The highest BCUT2D eigenvalue weighted by molar-refractivity contribution is 7.82. The van der Waals surface area contributed by atoms with Crippen molar-refractivity contribution in [2.75, 3.05) is 5.75 Å². The average Bonchev–Trinajstić information content (AvgIpc) is 1.61. The molecule has 0 radical (unpaired) electrons. The van der Waals surface area contributed by atoms with Crippen LogP contribution in [-0.4, -0.2) is 9.96 Å². The molecule has 7 heavy (non-hydrogen) atoms. The van der Waals surface area contributed by atoms with Crippen LogP contribution in [0, 0.1) is 0 Å². The zero-order valence-corrected chi connectivity index (χ0v) is 5.33. The van der Waals surface area contributed by atoms with E-state index in [2.05, 4.69) is 0 Å². The van der Waals surface area contributed by atoms with Gasteiger partial charge >= 0.3 is 0 Å². The van der Waals surface area contributed by atoms with Crippen molar-refractivity contribution in [1.82, 2.24) is 0 Å². The van der Waals surface area contributed by atoms with Gasteiger partial charge in [0.05, 0.1) is 11.0 Å². The van der Waals surface area contributed by atoms with Crippen LogP contribution in [0.2, 0.25) is 0 Å². The molecule has 0 aromatic rings. The molecule has 0 bridgehead atoms. The predicted octanol–water partition coefficient (Wildman–Crippen LogP) is 0.409. The van der Waals surface area contributed by atoms with E-state index in [9.17, 15) is 4.21 Å². The van der Waals surface area contributed by atoms with Crippen molar-refractivity contribution in [3.63, 3.8) is 0 Å². The third-order valence-corrected chi connectivity index (χ3v) is 1.39. The zero-order valence-electron chi connectivity index (χ0n) is 4.52. The third-order valence-electron chi connectivity index (χ3n) is 0.699. The van der Waals surface area contributed by atoms with Crippen LogP contribution in [0.25, 0.3) is 0 Å². The summed E-state index contributed by atoms with van der Waals surface area (Å²) < 4.78 is 10.1. The monoisotopic (exact) mass is 121 g/mol. The van der Waals surface area contributed by atoms with Crippen molar-refractivity contribution < 1.29 is 4.21 Å². The molecule has 1 atom stereocenters. The lowest BCUT2D eigenvalue weighted by molar-refractivity contribution is 0.681. The fourth-order valence-corrected chi connectivity index (χ4v) is 0.860. The van der Waals surface area contributed by atoms with Gasteiger partial charge in [0.1, 0.15) is 0 Å². The van der Waals surface area contributed by atoms with Gasteiger partial charge in [0.25, 0.3) is 0 Å². The number of rotatable bonds is 3. The SMILES string of the molecule is CCCC[S@](N)=O. The Bertz CT molecular complexity index is 64.7. The van der Waals surface area contributed by atoms with Crippen molar-refractivity contribution in [1.29, 1.82) is 0 Å². The number of hydrogen-bond acceptors (Lipinski definition) is 1. The maximum absolute atomic E-state index is 10.1. The first-order valence-corrected chi connectivity index (χ1v) is 3.78. The van der Waals surface area contributed by atoms with Gasteiger partial charge < -0.3 is 0 Å². The lowest BCUT2D eigenvalue weighted by Gasteiger charge is -1.88. The Morgan fingerprint density at radius 1 is 1.71 bits per heavy atom. The van der Waals surface area contributed by atoms with Crippen molar-refractivity contribution in [2.45, 2.75) is 19.8 Å². The smallest absolute Gasteiger partial charge is 0.0887 e. The highest BCUT2D eigenvalue weighted by Gasteiger charge is 1.85. The van der Waals surface area contributed by atoms with E-state index in [-0.39, 0.29) is 0 Å². The molecule has 0 fully saturated rings. The fourth-order valence-electron chi connectivity index (χ4n) is 0.287. The molecular weight excluding hydrogens is 110 g/mol. The van der Waals surface area contributed by atoms with Crippen LogP contribution in [0.1, 0.15) is 19.8 Å². The molecule has 0 rings (SSSR count). The molecule has 0 aliphatic rings. The fraction of sp³-hybridized carbons (Fsp3) is 1.00. The van der Waals surface area contributed by atoms with Crippen LogP contribution in [0.4, 0.5) is 0 Å². The van der Waals surface area contributed by atoms with E-state index in [4.69, 9.17) is 5.14 Å². The van der Waals surface area contributed by atoms with Gasteiger partial charge in [-0.2, -0.15) is 0 Å². The van der Waals surface area contributed by atoms with E-state index < -0.39 is 11.0 Å². The van der Waals surface area contributed by atoms with E-state index in [0.717, 1.165) is 12.8 Å². The van der Waals surface area contributed by atoms with E-state index >= 15 is 0 Å². The van der Waals surface area contributed by atoms with E-state index in [0.29, 0.717) is 5.75 Å². The molecule has 2 nitrogen and oxygen atoms in total. The van der Waals surface area contributed by atoms with Crippen molar-refractivity contribution >= 4 is 11.0 Å². The van der Waals surface area contributed by atoms with Gasteiger partial charge in [-0.05, 0) is 6.42 Å². The molecule has 0 saturated heterocycles. The second-order valence-corrected chi connectivity index (χ2v) is 2.61. The van der Waals surface area contributed by atoms with Gasteiger partial charge in [-0.1, -0.05) is 13.3 Å². The van der Waals surface area contributed by atoms with Crippen molar-refractivity contribution in [2.24, 2.45) is 5.14 Å². The molecule has 3 heteroatoms. The summed E-state index contributed by atoms with van der Waals surface area (Å²) in [6, 6.07) is 0. The summed E-state index contributed by atoms with van der Waals surface area (Å²) in [5.74, 6) is 0.649. The van der Waals surface area contributed by atoms with Crippen LogP contribution in [0.15, 0.2) is 0 Å². The van der Waals surface area contributed by atoms with E-state index in [1.165, 1.54) is 0 Å². The van der Waals surface area contributed by atoms with Gasteiger partial charge in [0, 0.05) is 5.75 Å². The van der Waals surface area contributed by atoms with E-state index in [1.807, 2.05) is 6.92 Å². The van der Waals surface area contributed by atoms with Crippen LogP contribution >= 0.6 is 0 Å². The molecule has 0 aromatic carbocycles. The Hall–Kier alpha value is 0.110.